The fraction of sp³-hybridized carbons (Fsp3) is 0.0952. The van der Waals surface area contributed by atoms with Crippen LogP contribution < -0.4 is 15.7 Å². The van der Waals surface area contributed by atoms with E-state index in [1.54, 1.807) is 42.5 Å². The predicted octanol–water partition coefficient (Wildman–Crippen LogP) is 3.49. The van der Waals surface area contributed by atoms with E-state index in [0.29, 0.717) is 27.0 Å². The van der Waals surface area contributed by atoms with Gasteiger partial charge in [0, 0.05) is 16.1 Å². The Balaban J connectivity index is 1.96. The number of hydrogen-bond acceptors (Lipinski definition) is 6. The highest BCUT2D eigenvalue weighted by atomic mass is 35.5. The molecule has 0 radical (unpaired) electrons. The van der Waals surface area contributed by atoms with Crippen LogP contribution in [0.5, 0.6) is 5.75 Å². The molecule has 0 unspecified atom stereocenters. The van der Waals surface area contributed by atoms with Gasteiger partial charge in [-0.05, 0) is 43.3 Å². The quantitative estimate of drug-likeness (QED) is 0.467. The molecule has 1 heterocycles. The smallest absolute Gasteiger partial charge is 0.292 e. The summed E-state index contributed by atoms with van der Waals surface area (Å²) < 4.78 is 6.09. The molecule has 0 saturated heterocycles. The molecule has 10 heteroatoms. The normalized spacial score (nSPS) is 10.7. The van der Waals surface area contributed by atoms with Crippen LogP contribution in [0.3, 0.4) is 0 Å². The highest BCUT2D eigenvalue weighted by Gasteiger charge is 2.20. The van der Waals surface area contributed by atoms with Crippen molar-refractivity contribution in [2.24, 2.45) is 5.10 Å². The molecule has 0 saturated carbocycles. The number of methoxy groups -OCH3 is 1. The number of rotatable bonds is 5. The summed E-state index contributed by atoms with van der Waals surface area (Å²) in [6.45, 7) is 1.47. The summed E-state index contributed by atoms with van der Waals surface area (Å²) in [6.07, 6.45) is 1.34. The molecular formula is C21H15Cl2N5O3. The third-order valence-electron chi connectivity index (χ3n) is 4.31. The van der Waals surface area contributed by atoms with Crippen molar-refractivity contribution in [3.63, 3.8) is 0 Å². The number of nitrogens with zero attached hydrogens (tertiary/aromatic N) is 4. The van der Waals surface area contributed by atoms with Gasteiger partial charge in [0.15, 0.2) is 5.69 Å². The summed E-state index contributed by atoms with van der Waals surface area (Å²) in [5.74, 6) is -0.116. The second kappa shape index (κ2) is 9.43. The van der Waals surface area contributed by atoms with E-state index in [4.69, 9.17) is 27.9 Å². The lowest BCUT2D eigenvalue weighted by Crippen LogP contribution is -2.31. The van der Waals surface area contributed by atoms with Crippen LogP contribution >= 0.6 is 23.2 Å². The van der Waals surface area contributed by atoms with Gasteiger partial charge in [0.25, 0.3) is 11.5 Å². The van der Waals surface area contributed by atoms with Crippen molar-refractivity contribution in [1.29, 1.82) is 5.26 Å². The van der Waals surface area contributed by atoms with Gasteiger partial charge in [-0.3, -0.25) is 9.59 Å². The Morgan fingerprint density at radius 3 is 2.58 bits per heavy atom. The summed E-state index contributed by atoms with van der Waals surface area (Å²) in [4.78, 5) is 25.3. The average Bonchev–Trinajstić information content (AvgIpc) is 2.76. The molecule has 0 spiro atoms. The Labute approximate surface area is 187 Å². The zero-order chi connectivity index (χ0) is 22.5. The summed E-state index contributed by atoms with van der Waals surface area (Å²) in [7, 11) is 1.51. The molecule has 0 bridgehead atoms. The van der Waals surface area contributed by atoms with Gasteiger partial charge in [-0.15, -0.1) is 0 Å². The number of carbonyl (C=O) groups excluding carboxylic acids is 1. The Morgan fingerprint density at radius 1 is 1.26 bits per heavy atom. The van der Waals surface area contributed by atoms with Crippen LogP contribution in [0.15, 0.2) is 52.4 Å². The predicted molar refractivity (Wildman–Crippen MR) is 117 cm³/mol. The topological polar surface area (TPSA) is 109 Å². The van der Waals surface area contributed by atoms with Gasteiger partial charge in [0.1, 0.15) is 17.4 Å². The van der Waals surface area contributed by atoms with E-state index < -0.39 is 11.5 Å². The minimum atomic E-state index is -0.697. The van der Waals surface area contributed by atoms with Crippen molar-refractivity contribution >= 4 is 35.3 Å². The number of benzene rings is 2. The van der Waals surface area contributed by atoms with Crippen molar-refractivity contribution in [3.8, 4) is 17.5 Å². The molecule has 0 fully saturated rings. The lowest BCUT2D eigenvalue weighted by Gasteiger charge is -2.11. The van der Waals surface area contributed by atoms with Gasteiger partial charge in [-0.1, -0.05) is 29.3 Å². The van der Waals surface area contributed by atoms with Crippen molar-refractivity contribution in [2.45, 2.75) is 6.92 Å². The van der Waals surface area contributed by atoms with Crippen molar-refractivity contribution in [2.75, 3.05) is 7.11 Å². The lowest BCUT2D eigenvalue weighted by molar-refractivity contribution is 0.0947. The Kier molecular flexibility index (Phi) is 6.70. The molecule has 1 amide bonds. The summed E-state index contributed by atoms with van der Waals surface area (Å²) in [5, 5.41) is 18.3. The minimum absolute atomic E-state index is 0.119. The van der Waals surface area contributed by atoms with Crippen LogP contribution in [0.1, 0.15) is 27.2 Å². The molecule has 8 nitrogen and oxygen atoms in total. The van der Waals surface area contributed by atoms with E-state index >= 15 is 0 Å². The molecular weight excluding hydrogens is 441 g/mol. The highest BCUT2D eigenvalue weighted by Crippen LogP contribution is 2.19. The van der Waals surface area contributed by atoms with Crippen molar-refractivity contribution in [1.82, 2.24) is 15.2 Å². The largest absolute Gasteiger partial charge is 0.497 e. The number of aromatic nitrogens is 2. The number of halogens is 2. The van der Waals surface area contributed by atoms with Gasteiger partial charge in [0.05, 0.1) is 24.0 Å². The van der Waals surface area contributed by atoms with Gasteiger partial charge in [-0.25, -0.2) is 5.43 Å². The van der Waals surface area contributed by atoms with Crippen molar-refractivity contribution < 1.29 is 9.53 Å². The van der Waals surface area contributed by atoms with Crippen LogP contribution in [0, 0.1) is 18.3 Å². The molecule has 31 heavy (non-hydrogen) atoms. The second-order valence-electron chi connectivity index (χ2n) is 6.24. The maximum absolute atomic E-state index is 12.7. The zero-order valence-electron chi connectivity index (χ0n) is 16.4. The third-order valence-corrected chi connectivity index (χ3v) is 4.87. The van der Waals surface area contributed by atoms with E-state index in [1.165, 1.54) is 20.2 Å². The van der Waals surface area contributed by atoms with E-state index in [0.717, 1.165) is 4.68 Å². The summed E-state index contributed by atoms with van der Waals surface area (Å²) in [5.41, 5.74) is 2.43. The zero-order valence-corrected chi connectivity index (χ0v) is 17.9. The number of hydrogen-bond donors (Lipinski definition) is 1. The number of nitrogens with one attached hydrogen (secondary N) is 1. The Hall–Kier alpha value is -3.67. The first-order chi connectivity index (χ1) is 14.8. The monoisotopic (exact) mass is 455 g/mol. The molecule has 3 rings (SSSR count). The standard InChI is InChI=1S/C21H15Cl2N5O3/c1-12-17(10-24)21(30)28(15-5-7-16(31-2)8-6-15)27-19(12)20(29)26-25-11-13-3-4-14(22)9-18(13)23/h3-9,11H,1-2H3,(H,26,29)/b25-11+. The van der Waals surface area contributed by atoms with Gasteiger partial charge >= 0.3 is 0 Å². The highest BCUT2D eigenvalue weighted by molar-refractivity contribution is 6.36. The van der Waals surface area contributed by atoms with E-state index in [-0.39, 0.29) is 16.8 Å². The molecule has 1 N–H and O–H groups in total. The maximum atomic E-state index is 12.7. The van der Waals surface area contributed by atoms with Crippen LogP contribution in [-0.2, 0) is 0 Å². The molecule has 3 aromatic rings. The van der Waals surface area contributed by atoms with Gasteiger partial charge < -0.3 is 4.74 Å². The fourth-order valence-corrected chi connectivity index (χ4v) is 3.13. The van der Waals surface area contributed by atoms with Gasteiger partial charge in [-0.2, -0.15) is 20.1 Å². The first kappa shape index (κ1) is 22.0. The average molecular weight is 456 g/mol. The van der Waals surface area contributed by atoms with Crippen LogP contribution in [0.25, 0.3) is 5.69 Å². The molecule has 0 atom stereocenters. The fourth-order valence-electron chi connectivity index (χ4n) is 2.67. The third kappa shape index (κ3) is 4.74. The molecule has 0 aliphatic carbocycles. The maximum Gasteiger partial charge on any atom is 0.292 e. The summed E-state index contributed by atoms with van der Waals surface area (Å²) in [6, 6.07) is 13.1. The summed E-state index contributed by atoms with van der Waals surface area (Å²) >= 11 is 11.9. The lowest BCUT2D eigenvalue weighted by atomic mass is 10.1. The molecule has 2 aromatic carbocycles. The first-order valence-corrected chi connectivity index (χ1v) is 9.58. The first-order valence-electron chi connectivity index (χ1n) is 8.82. The number of ether oxygens (including phenoxy) is 1. The van der Waals surface area contributed by atoms with Gasteiger partial charge in [0.2, 0.25) is 0 Å². The molecule has 1 aromatic heterocycles. The SMILES string of the molecule is COc1ccc(-n2nc(C(=O)N/N=C/c3ccc(Cl)cc3Cl)c(C)c(C#N)c2=O)cc1. The molecule has 156 valence electrons. The number of carbonyl (C=O) groups is 1. The second-order valence-corrected chi connectivity index (χ2v) is 7.08. The van der Waals surface area contributed by atoms with Crippen LogP contribution in [0.4, 0.5) is 0 Å². The Bertz CT molecular complexity index is 1280. The number of amides is 1. The number of nitriles is 1. The van der Waals surface area contributed by atoms with E-state index in [1.807, 2.05) is 6.07 Å². The molecule has 0 aliphatic heterocycles. The van der Waals surface area contributed by atoms with Crippen molar-refractivity contribution in [3.05, 3.63) is 85.2 Å². The number of hydrazone groups is 1. The molecule has 0 aliphatic rings. The minimum Gasteiger partial charge on any atom is -0.497 e. The Morgan fingerprint density at radius 2 is 1.97 bits per heavy atom. The van der Waals surface area contributed by atoms with Crippen LogP contribution in [0.2, 0.25) is 10.0 Å². The van der Waals surface area contributed by atoms with E-state index in [2.05, 4.69) is 15.6 Å². The van der Waals surface area contributed by atoms with E-state index in [9.17, 15) is 14.9 Å². The van der Waals surface area contributed by atoms with Crippen LogP contribution in [-0.4, -0.2) is 29.0 Å².